The van der Waals surface area contributed by atoms with Crippen molar-refractivity contribution in [3.8, 4) is 11.6 Å². The van der Waals surface area contributed by atoms with E-state index in [-0.39, 0.29) is 10.7 Å². The van der Waals surface area contributed by atoms with Gasteiger partial charge in [0.2, 0.25) is 15.9 Å². The van der Waals surface area contributed by atoms with Gasteiger partial charge in [-0.2, -0.15) is 4.31 Å². The van der Waals surface area contributed by atoms with Crippen molar-refractivity contribution in [3.63, 3.8) is 0 Å². The van der Waals surface area contributed by atoms with Crippen molar-refractivity contribution >= 4 is 15.8 Å². The monoisotopic (exact) mass is 428 g/mol. The van der Waals surface area contributed by atoms with Gasteiger partial charge < -0.3 is 10.1 Å². The zero-order chi connectivity index (χ0) is 21.0. The van der Waals surface area contributed by atoms with E-state index in [0.717, 1.165) is 18.4 Å². The Bertz CT molecular complexity index is 1100. The van der Waals surface area contributed by atoms with Crippen molar-refractivity contribution in [2.75, 3.05) is 18.4 Å². The molecule has 30 heavy (non-hydrogen) atoms. The molecule has 0 amide bonds. The first-order valence-electron chi connectivity index (χ1n) is 9.59. The zero-order valence-electron chi connectivity index (χ0n) is 16.2. The highest BCUT2D eigenvalue weighted by Crippen LogP contribution is 2.22. The quantitative estimate of drug-likeness (QED) is 0.616. The zero-order valence-corrected chi connectivity index (χ0v) is 17.0. The van der Waals surface area contributed by atoms with Gasteiger partial charge in [0.1, 0.15) is 22.3 Å². The summed E-state index contributed by atoms with van der Waals surface area (Å²) >= 11 is 0. The summed E-state index contributed by atoms with van der Waals surface area (Å²) in [5, 5.41) is 3.16. The van der Waals surface area contributed by atoms with Crippen LogP contribution in [0.1, 0.15) is 18.4 Å². The van der Waals surface area contributed by atoms with Crippen LogP contribution in [-0.2, 0) is 16.6 Å². The Hall–Kier alpha value is -3.04. The van der Waals surface area contributed by atoms with Gasteiger partial charge >= 0.3 is 0 Å². The number of pyridine rings is 2. The summed E-state index contributed by atoms with van der Waals surface area (Å²) in [6.07, 6.45) is 4.79. The lowest BCUT2D eigenvalue weighted by atomic mass is 10.2. The second-order valence-electron chi connectivity index (χ2n) is 6.90. The summed E-state index contributed by atoms with van der Waals surface area (Å²) in [6, 6.07) is 12.5. The van der Waals surface area contributed by atoms with Gasteiger partial charge in [0.25, 0.3) is 0 Å². The van der Waals surface area contributed by atoms with Crippen LogP contribution in [0, 0.1) is 5.82 Å². The SMILES string of the molecule is O=S(=O)(c1ccc(NCc2ccnc(Oc3ccc(F)cc3)c2)nc1)N1CCCC1. The molecule has 3 heterocycles. The molecule has 0 saturated carbocycles. The molecule has 4 rings (SSSR count). The van der Waals surface area contributed by atoms with Crippen molar-refractivity contribution < 1.29 is 17.5 Å². The van der Waals surface area contributed by atoms with Crippen molar-refractivity contribution in [1.29, 1.82) is 0 Å². The van der Waals surface area contributed by atoms with Crippen molar-refractivity contribution in [3.05, 3.63) is 72.3 Å². The normalized spacial score (nSPS) is 14.6. The average molecular weight is 428 g/mol. The molecule has 1 fully saturated rings. The Balaban J connectivity index is 1.38. The number of benzene rings is 1. The fourth-order valence-electron chi connectivity index (χ4n) is 3.15. The smallest absolute Gasteiger partial charge is 0.244 e. The summed E-state index contributed by atoms with van der Waals surface area (Å²) in [7, 11) is -3.47. The molecule has 1 aliphatic rings. The van der Waals surface area contributed by atoms with Crippen LogP contribution in [0.25, 0.3) is 0 Å². The van der Waals surface area contributed by atoms with E-state index < -0.39 is 10.0 Å². The molecule has 156 valence electrons. The maximum Gasteiger partial charge on any atom is 0.244 e. The van der Waals surface area contributed by atoms with Gasteiger partial charge in [-0.1, -0.05) is 0 Å². The highest BCUT2D eigenvalue weighted by atomic mass is 32.2. The number of hydrogen-bond donors (Lipinski definition) is 1. The van der Waals surface area contributed by atoms with E-state index >= 15 is 0 Å². The standard InChI is InChI=1S/C21H21FN4O3S/c22-17-3-5-18(6-4-17)29-21-13-16(9-10-23-21)14-24-20-8-7-19(15-25-20)30(27,28)26-11-1-2-12-26/h3-10,13,15H,1-2,11-12,14H2,(H,24,25). The number of halogens is 1. The molecule has 1 saturated heterocycles. The molecular formula is C21H21FN4O3S. The summed E-state index contributed by atoms with van der Waals surface area (Å²) in [5.74, 6) is 1.11. The number of nitrogens with one attached hydrogen (secondary N) is 1. The largest absolute Gasteiger partial charge is 0.439 e. The van der Waals surface area contributed by atoms with Crippen LogP contribution in [-0.4, -0.2) is 35.8 Å². The van der Waals surface area contributed by atoms with E-state index in [1.807, 2.05) is 6.07 Å². The summed E-state index contributed by atoms with van der Waals surface area (Å²) < 4.78 is 45.2. The van der Waals surface area contributed by atoms with Gasteiger partial charge in [-0.3, -0.25) is 0 Å². The number of rotatable bonds is 7. The predicted octanol–water partition coefficient (Wildman–Crippen LogP) is 3.80. The first-order valence-corrected chi connectivity index (χ1v) is 11.0. The maximum absolute atomic E-state index is 13.0. The molecule has 9 heteroatoms. The highest BCUT2D eigenvalue weighted by molar-refractivity contribution is 7.89. The second kappa shape index (κ2) is 8.76. The van der Waals surface area contributed by atoms with Crippen molar-refractivity contribution in [2.24, 2.45) is 0 Å². The Morgan fingerprint density at radius 1 is 1.03 bits per heavy atom. The van der Waals surface area contributed by atoms with E-state index in [4.69, 9.17) is 4.74 Å². The first-order chi connectivity index (χ1) is 14.5. The Morgan fingerprint density at radius 3 is 2.50 bits per heavy atom. The van der Waals surface area contributed by atoms with Gasteiger partial charge in [0.15, 0.2) is 0 Å². The number of anilines is 1. The van der Waals surface area contributed by atoms with E-state index in [9.17, 15) is 12.8 Å². The Labute approximate surface area is 174 Å². The topological polar surface area (TPSA) is 84.4 Å². The molecule has 0 atom stereocenters. The maximum atomic E-state index is 13.0. The number of nitrogens with zero attached hydrogens (tertiary/aromatic N) is 3. The van der Waals surface area contributed by atoms with Gasteiger partial charge in [-0.25, -0.2) is 22.8 Å². The summed E-state index contributed by atoms with van der Waals surface area (Å²) in [5.41, 5.74) is 0.901. The predicted molar refractivity (Wildman–Crippen MR) is 110 cm³/mol. The van der Waals surface area contributed by atoms with E-state index in [2.05, 4.69) is 15.3 Å². The summed E-state index contributed by atoms with van der Waals surface area (Å²) in [6.45, 7) is 1.58. The molecule has 0 unspecified atom stereocenters. The third-order valence-electron chi connectivity index (χ3n) is 4.75. The minimum absolute atomic E-state index is 0.203. The fraction of sp³-hybridized carbons (Fsp3) is 0.238. The third-order valence-corrected chi connectivity index (χ3v) is 6.63. The molecule has 0 spiro atoms. The van der Waals surface area contributed by atoms with Gasteiger partial charge in [-0.05, 0) is 60.9 Å². The number of ether oxygens (including phenoxy) is 1. The molecular weight excluding hydrogens is 407 g/mol. The molecule has 1 aromatic carbocycles. The lowest BCUT2D eigenvalue weighted by molar-refractivity contribution is 0.460. The lowest BCUT2D eigenvalue weighted by Gasteiger charge is -2.15. The summed E-state index contributed by atoms with van der Waals surface area (Å²) in [4.78, 5) is 8.59. The Kier molecular flexibility index (Phi) is 5.91. The molecule has 1 aliphatic heterocycles. The molecule has 7 nitrogen and oxygen atoms in total. The van der Waals surface area contributed by atoms with Crippen molar-refractivity contribution in [1.82, 2.24) is 14.3 Å². The molecule has 2 aromatic heterocycles. The van der Waals surface area contributed by atoms with Crippen molar-refractivity contribution in [2.45, 2.75) is 24.3 Å². The van der Waals surface area contributed by atoms with Crippen LogP contribution in [0.15, 0.2) is 65.8 Å². The second-order valence-corrected chi connectivity index (χ2v) is 8.84. The molecule has 0 radical (unpaired) electrons. The van der Waals surface area contributed by atoms with E-state index in [1.165, 1.54) is 34.8 Å². The van der Waals surface area contributed by atoms with Gasteiger partial charge in [0.05, 0.1) is 0 Å². The van der Waals surface area contributed by atoms with Gasteiger partial charge in [0, 0.05) is 38.1 Å². The van der Waals surface area contributed by atoms with Crippen LogP contribution < -0.4 is 10.1 Å². The van der Waals surface area contributed by atoms with Crippen LogP contribution in [0.4, 0.5) is 10.2 Å². The van der Waals surface area contributed by atoms with Crippen LogP contribution in [0.5, 0.6) is 11.6 Å². The molecule has 0 aliphatic carbocycles. The first kappa shape index (κ1) is 20.2. The highest BCUT2D eigenvalue weighted by Gasteiger charge is 2.27. The van der Waals surface area contributed by atoms with Crippen LogP contribution in [0.3, 0.4) is 0 Å². The van der Waals surface area contributed by atoms with E-state index in [0.29, 0.717) is 37.1 Å². The minimum Gasteiger partial charge on any atom is -0.439 e. The fourth-order valence-corrected chi connectivity index (χ4v) is 4.61. The van der Waals surface area contributed by atoms with Crippen LogP contribution >= 0.6 is 0 Å². The van der Waals surface area contributed by atoms with Gasteiger partial charge in [-0.15, -0.1) is 0 Å². The molecule has 0 bridgehead atoms. The van der Waals surface area contributed by atoms with E-state index in [1.54, 1.807) is 24.4 Å². The third kappa shape index (κ3) is 4.74. The number of hydrogen-bond acceptors (Lipinski definition) is 6. The minimum atomic E-state index is -3.47. The molecule has 3 aromatic rings. The number of sulfonamides is 1. The van der Waals surface area contributed by atoms with Crippen LogP contribution in [0.2, 0.25) is 0 Å². The molecule has 1 N–H and O–H groups in total. The average Bonchev–Trinajstić information content (AvgIpc) is 3.31. The lowest BCUT2D eigenvalue weighted by Crippen LogP contribution is -2.27. The Morgan fingerprint density at radius 2 is 1.80 bits per heavy atom. The number of aromatic nitrogens is 2.